The maximum Gasteiger partial charge on any atom is 0.318 e. The molecule has 2 aromatic rings. The number of aliphatic hydroxyl groups is 1. The number of aliphatic hydroxyl groups excluding tert-OH is 1. The minimum atomic E-state index is -0.625. The van der Waals surface area contributed by atoms with Crippen LogP contribution in [0.25, 0.3) is 0 Å². The molecular weight excluding hydrogens is 369 g/mol. The van der Waals surface area contributed by atoms with Crippen molar-refractivity contribution in [3.8, 4) is 17.9 Å². The number of carbonyl (C=O) groups is 1. The normalized spacial score (nSPS) is 20.1. The number of amides is 2. The molecule has 1 aliphatic heterocycles. The zero-order valence-electron chi connectivity index (χ0n) is 16.1. The number of halogens is 1. The van der Waals surface area contributed by atoms with Gasteiger partial charge in [0.2, 0.25) is 0 Å². The van der Waals surface area contributed by atoms with Crippen LogP contribution < -0.4 is 5.32 Å². The summed E-state index contributed by atoms with van der Waals surface area (Å²) in [5.41, 5.74) is 2.37. The minimum Gasteiger partial charge on any atom is -0.394 e. The van der Waals surface area contributed by atoms with Gasteiger partial charge in [0.1, 0.15) is 11.9 Å². The zero-order valence-corrected chi connectivity index (χ0v) is 16.1. The number of nitriles is 1. The van der Waals surface area contributed by atoms with Crippen molar-refractivity contribution in [2.24, 2.45) is 0 Å². The predicted octanol–water partition coefficient (Wildman–Crippen LogP) is 3.00. The quantitative estimate of drug-likeness (QED) is 0.787. The van der Waals surface area contributed by atoms with Crippen LogP contribution in [0.5, 0.6) is 0 Å². The standard InChI is InChI=1S/C23H22FN3O2/c1-2-13-26-23(29)27-20(14-25)22(21(27)15-28)18-9-5-16(6-10-18)3-4-17-7-11-19(24)12-8-17/h5-12,20-22,28H,2,13,15H2,1H3,(H,26,29)/t20-,21+,22+/m1/s1. The van der Waals surface area contributed by atoms with Crippen molar-refractivity contribution in [2.45, 2.75) is 31.3 Å². The van der Waals surface area contributed by atoms with Gasteiger partial charge in [0, 0.05) is 23.6 Å². The molecule has 148 valence electrons. The lowest BCUT2D eigenvalue weighted by molar-refractivity contribution is 0.0169. The van der Waals surface area contributed by atoms with E-state index in [2.05, 4.69) is 23.2 Å². The number of carbonyl (C=O) groups excluding carboxylic acids is 1. The SMILES string of the molecule is CCCNC(=O)N1[C@H](C#N)[C@H](c2ccc(C#Cc3ccc(F)cc3)cc2)[C@@H]1CO. The molecule has 0 spiro atoms. The summed E-state index contributed by atoms with van der Waals surface area (Å²) in [6, 6.07) is 14.2. The second-order valence-corrected chi connectivity index (χ2v) is 6.87. The molecule has 2 N–H and O–H groups in total. The van der Waals surface area contributed by atoms with Crippen molar-refractivity contribution < 1.29 is 14.3 Å². The molecule has 3 atom stereocenters. The van der Waals surface area contributed by atoms with Crippen molar-refractivity contribution in [3.05, 3.63) is 71.0 Å². The van der Waals surface area contributed by atoms with Gasteiger partial charge >= 0.3 is 6.03 Å². The molecule has 1 aliphatic rings. The predicted molar refractivity (Wildman–Crippen MR) is 107 cm³/mol. The Morgan fingerprint density at radius 3 is 2.24 bits per heavy atom. The molecular formula is C23H22FN3O2. The Bertz CT molecular complexity index is 955. The molecule has 0 saturated carbocycles. The molecule has 1 fully saturated rings. The van der Waals surface area contributed by atoms with Crippen molar-refractivity contribution in [1.29, 1.82) is 5.26 Å². The monoisotopic (exact) mass is 391 g/mol. The first-order chi connectivity index (χ1) is 14.1. The summed E-state index contributed by atoms with van der Waals surface area (Å²) in [4.78, 5) is 13.7. The molecule has 0 radical (unpaired) electrons. The number of rotatable bonds is 4. The van der Waals surface area contributed by atoms with Crippen LogP contribution in [-0.2, 0) is 0 Å². The smallest absolute Gasteiger partial charge is 0.318 e. The third-order valence-corrected chi connectivity index (χ3v) is 4.98. The molecule has 2 amide bonds. The molecule has 2 aromatic carbocycles. The molecule has 6 heteroatoms. The maximum absolute atomic E-state index is 13.0. The number of nitrogens with one attached hydrogen (secondary N) is 1. The fourth-order valence-electron chi connectivity index (χ4n) is 3.48. The van der Waals surface area contributed by atoms with E-state index >= 15 is 0 Å². The van der Waals surface area contributed by atoms with E-state index in [1.165, 1.54) is 17.0 Å². The van der Waals surface area contributed by atoms with Crippen molar-refractivity contribution in [1.82, 2.24) is 10.2 Å². The van der Waals surface area contributed by atoms with Gasteiger partial charge in [0.05, 0.1) is 18.7 Å². The van der Waals surface area contributed by atoms with Crippen LogP contribution in [0.15, 0.2) is 48.5 Å². The molecule has 1 saturated heterocycles. The Morgan fingerprint density at radius 1 is 1.14 bits per heavy atom. The Kier molecular flexibility index (Phi) is 6.49. The largest absolute Gasteiger partial charge is 0.394 e. The second-order valence-electron chi connectivity index (χ2n) is 6.87. The summed E-state index contributed by atoms with van der Waals surface area (Å²) in [6.07, 6.45) is 0.796. The Hall–Kier alpha value is -3.35. The first-order valence-corrected chi connectivity index (χ1v) is 9.53. The van der Waals surface area contributed by atoms with E-state index in [9.17, 15) is 19.6 Å². The van der Waals surface area contributed by atoms with Gasteiger partial charge < -0.3 is 15.3 Å². The molecule has 5 nitrogen and oxygen atoms in total. The fraction of sp³-hybridized carbons (Fsp3) is 0.304. The highest BCUT2D eigenvalue weighted by molar-refractivity contribution is 5.77. The lowest BCUT2D eigenvalue weighted by atomic mass is 9.76. The average Bonchev–Trinajstić information content (AvgIpc) is 2.72. The lowest BCUT2D eigenvalue weighted by Crippen LogP contribution is -2.67. The minimum absolute atomic E-state index is 0.214. The topological polar surface area (TPSA) is 76.4 Å². The van der Waals surface area contributed by atoms with Crippen molar-refractivity contribution in [3.63, 3.8) is 0 Å². The zero-order chi connectivity index (χ0) is 20.8. The van der Waals surface area contributed by atoms with E-state index < -0.39 is 12.1 Å². The van der Waals surface area contributed by atoms with Crippen LogP contribution in [0.1, 0.15) is 36.0 Å². The van der Waals surface area contributed by atoms with Crippen LogP contribution in [0, 0.1) is 29.0 Å². The van der Waals surface area contributed by atoms with Gasteiger partial charge in [-0.3, -0.25) is 0 Å². The van der Waals surface area contributed by atoms with Gasteiger partial charge in [0.15, 0.2) is 0 Å². The third-order valence-electron chi connectivity index (χ3n) is 4.98. The number of likely N-dealkylation sites (tertiary alicyclic amines) is 1. The lowest BCUT2D eigenvalue weighted by Gasteiger charge is -2.51. The average molecular weight is 391 g/mol. The van der Waals surface area contributed by atoms with Gasteiger partial charge in [-0.05, 0) is 48.4 Å². The highest BCUT2D eigenvalue weighted by Crippen LogP contribution is 2.40. The molecule has 1 heterocycles. The van der Waals surface area contributed by atoms with Crippen LogP contribution >= 0.6 is 0 Å². The number of benzene rings is 2. The van der Waals surface area contributed by atoms with E-state index in [0.29, 0.717) is 12.1 Å². The number of hydrogen-bond donors (Lipinski definition) is 2. The summed E-state index contributed by atoms with van der Waals surface area (Å²) in [6.45, 7) is 2.26. The molecule has 0 unspecified atom stereocenters. The van der Waals surface area contributed by atoms with Crippen molar-refractivity contribution >= 4 is 6.03 Å². The molecule has 0 aromatic heterocycles. The molecule has 3 rings (SSSR count). The second kappa shape index (κ2) is 9.23. The third kappa shape index (κ3) is 4.39. The maximum atomic E-state index is 13.0. The Labute approximate surface area is 169 Å². The van der Waals surface area contributed by atoms with Crippen LogP contribution in [0.3, 0.4) is 0 Å². The summed E-state index contributed by atoms with van der Waals surface area (Å²) < 4.78 is 13.0. The van der Waals surface area contributed by atoms with Crippen LogP contribution in [-0.4, -0.2) is 41.3 Å². The number of hydrogen-bond acceptors (Lipinski definition) is 3. The van der Waals surface area contributed by atoms with Crippen LogP contribution in [0.2, 0.25) is 0 Å². The summed E-state index contributed by atoms with van der Waals surface area (Å²) in [7, 11) is 0. The van der Waals surface area contributed by atoms with Gasteiger partial charge in [-0.1, -0.05) is 30.9 Å². The first-order valence-electron chi connectivity index (χ1n) is 9.53. The van der Waals surface area contributed by atoms with Gasteiger partial charge in [-0.2, -0.15) is 5.26 Å². The molecule has 0 bridgehead atoms. The Balaban J connectivity index is 1.74. The first kappa shape index (κ1) is 20.4. The fourth-order valence-corrected chi connectivity index (χ4v) is 3.48. The highest BCUT2D eigenvalue weighted by atomic mass is 19.1. The summed E-state index contributed by atoms with van der Waals surface area (Å²) >= 11 is 0. The number of nitrogens with zero attached hydrogens (tertiary/aromatic N) is 2. The van der Waals surface area contributed by atoms with E-state index in [0.717, 1.165) is 17.5 Å². The Morgan fingerprint density at radius 2 is 1.72 bits per heavy atom. The van der Waals surface area contributed by atoms with E-state index in [-0.39, 0.29) is 24.4 Å². The highest BCUT2D eigenvalue weighted by Gasteiger charge is 2.51. The van der Waals surface area contributed by atoms with Gasteiger partial charge in [-0.15, -0.1) is 0 Å². The van der Waals surface area contributed by atoms with E-state index in [1.54, 1.807) is 12.1 Å². The number of urea groups is 1. The van der Waals surface area contributed by atoms with E-state index in [4.69, 9.17) is 0 Å². The van der Waals surface area contributed by atoms with Gasteiger partial charge in [-0.25, -0.2) is 9.18 Å². The van der Waals surface area contributed by atoms with E-state index in [1.807, 2.05) is 31.2 Å². The van der Waals surface area contributed by atoms with Gasteiger partial charge in [0.25, 0.3) is 0 Å². The summed E-state index contributed by atoms with van der Waals surface area (Å²) in [5, 5.41) is 22.1. The molecule has 29 heavy (non-hydrogen) atoms. The summed E-state index contributed by atoms with van der Waals surface area (Å²) in [5.74, 6) is 5.44. The van der Waals surface area contributed by atoms with Crippen molar-refractivity contribution in [2.75, 3.05) is 13.2 Å². The molecule has 0 aliphatic carbocycles. The van der Waals surface area contributed by atoms with Crippen LogP contribution in [0.4, 0.5) is 9.18 Å².